The van der Waals surface area contributed by atoms with Crippen LogP contribution < -0.4 is 0 Å². The summed E-state index contributed by atoms with van der Waals surface area (Å²) in [5.41, 5.74) is -0.460. The van der Waals surface area contributed by atoms with Gasteiger partial charge in [-0.15, -0.1) is 0 Å². The van der Waals surface area contributed by atoms with Crippen LogP contribution in [0.15, 0.2) is 12.2 Å². The average molecular weight is 467 g/mol. The Morgan fingerprint density at radius 3 is 2.38 bits per heavy atom. The predicted molar refractivity (Wildman–Crippen MR) is 134 cm³/mol. The van der Waals surface area contributed by atoms with E-state index in [0.29, 0.717) is 29.6 Å². The molecule has 0 aromatic carbocycles. The molecule has 3 nitrogen and oxygen atoms in total. The van der Waals surface area contributed by atoms with Gasteiger partial charge in [0.1, 0.15) is 11.9 Å². The third-order valence-electron chi connectivity index (χ3n) is 14.1. The molecule has 1 saturated heterocycles. The molecule has 0 unspecified atom stereocenters. The van der Waals surface area contributed by atoms with E-state index in [-0.39, 0.29) is 39.0 Å². The van der Waals surface area contributed by atoms with Gasteiger partial charge in [-0.05, 0) is 97.4 Å². The van der Waals surface area contributed by atoms with Gasteiger partial charge >= 0.3 is 5.97 Å². The van der Waals surface area contributed by atoms with Crippen LogP contribution in [-0.2, 0) is 14.3 Å². The lowest BCUT2D eigenvalue weighted by Crippen LogP contribution is -2.70. The summed E-state index contributed by atoms with van der Waals surface area (Å²) >= 11 is 0. The van der Waals surface area contributed by atoms with Crippen molar-refractivity contribution in [3.8, 4) is 0 Å². The molecule has 188 valence electrons. The van der Waals surface area contributed by atoms with Gasteiger partial charge in [0.25, 0.3) is 0 Å². The van der Waals surface area contributed by atoms with Crippen LogP contribution in [0.2, 0.25) is 0 Å². The van der Waals surface area contributed by atoms with Crippen LogP contribution in [0.25, 0.3) is 0 Å². The Morgan fingerprint density at radius 2 is 1.68 bits per heavy atom. The minimum Gasteiger partial charge on any atom is -0.453 e. The molecular weight excluding hydrogens is 420 g/mol. The lowest BCUT2D eigenvalue weighted by molar-refractivity contribution is -0.240. The third kappa shape index (κ3) is 2.24. The maximum Gasteiger partial charge on any atom is 0.313 e. The van der Waals surface area contributed by atoms with Crippen molar-refractivity contribution in [1.29, 1.82) is 0 Å². The largest absolute Gasteiger partial charge is 0.453 e. The molecule has 0 aromatic heterocycles. The summed E-state index contributed by atoms with van der Waals surface area (Å²) in [5, 5.41) is 0. The summed E-state index contributed by atoms with van der Waals surface area (Å²) in [5.74, 6) is 2.73. The number of carbonyl (C=O) groups is 2. The molecule has 1 spiro atoms. The fourth-order valence-corrected chi connectivity index (χ4v) is 11.7. The van der Waals surface area contributed by atoms with E-state index in [9.17, 15) is 9.59 Å². The second-order valence-electron chi connectivity index (χ2n) is 15.0. The van der Waals surface area contributed by atoms with Crippen LogP contribution in [-0.4, -0.2) is 17.9 Å². The molecule has 0 amide bonds. The van der Waals surface area contributed by atoms with E-state index in [1.807, 2.05) is 0 Å². The van der Waals surface area contributed by atoms with E-state index in [4.69, 9.17) is 4.74 Å². The summed E-state index contributed by atoms with van der Waals surface area (Å²) < 4.78 is 6.72. The Labute approximate surface area is 206 Å². The van der Waals surface area contributed by atoms with E-state index in [2.05, 4.69) is 60.6 Å². The summed E-state index contributed by atoms with van der Waals surface area (Å²) in [6, 6.07) is 0. The van der Waals surface area contributed by atoms with Gasteiger partial charge in [-0.3, -0.25) is 4.79 Å². The summed E-state index contributed by atoms with van der Waals surface area (Å²) in [6.07, 6.45) is 14.9. The maximum absolute atomic E-state index is 13.7. The first-order valence-electron chi connectivity index (χ1n) is 14.2. The van der Waals surface area contributed by atoms with E-state index >= 15 is 0 Å². The zero-order valence-electron chi connectivity index (χ0n) is 22.6. The smallest absolute Gasteiger partial charge is 0.313 e. The number of hydrogen-bond acceptors (Lipinski definition) is 3. The predicted octanol–water partition coefficient (Wildman–Crippen LogP) is 6.99. The molecule has 0 N–H and O–H groups in total. The second-order valence-corrected chi connectivity index (χ2v) is 15.0. The van der Waals surface area contributed by atoms with Gasteiger partial charge in [-0.25, -0.2) is 0 Å². The van der Waals surface area contributed by atoms with Crippen LogP contribution in [0, 0.1) is 62.6 Å². The fraction of sp³-hybridized carbons (Fsp3) is 0.871. The van der Waals surface area contributed by atoms with Crippen LogP contribution in [0.5, 0.6) is 0 Å². The van der Waals surface area contributed by atoms with Gasteiger partial charge in [-0.2, -0.15) is 0 Å². The quantitative estimate of drug-likeness (QED) is 0.237. The van der Waals surface area contributed by atoms with Crippen molar-refractivity contribution < 1.29 is 14.3 Å². The Kier molecular flexibility index (Phi) is 4.52. The highest BCUT2D eigenvalue weighted by atomic mass is 16.6. The number of aldehydes is 1. The first-order valence-corrected chi connectivity index (χ1v) is 14.2. The highest BCUT2D eigenvalue weighted by molar-refractivity contribution is 5.82. The van der Waals surface area contributed by atoms with Gasteiger partial charge in [-0.1, -0.05) is 54.5 Å². The number of fused-ring (bicyclic) bond motifs is 4. The van der Waals surface area contributed by atoms with Crippen molar-refractivity contribution >= 4 is 12.3 Å². The minimum absolute atomic E-state index is 0.0365. The van der Waals surface area contributed by atoms with Crippen LogP contribution in [0.1, 0.15) is 99.8 Å². The number of ether oxygens (including phenoxy) is 1. The van der Waals surface area contributed by atoms with E-state index < -0.39 is 5.60 Å². The van der Waals surface area contributed by atoms with E-state index in [1.165, 1.54) is 12.7 Å². The molecule has 1 aliphatic heterocycles. The molecule has 2 bridgehead atoms. The molecule has 6 rings (SSSR count). The Hall–Kier alpha value is -1.12. The number of hydrogen-bond donors (Lipinski definition) is 0. The normalized spacial score (nSPS) is 59.2. The van der Waals surface area contributed by atoms with Crippen molar-refractivity contribution in [1.82, 2.24) is 0 Å². The van der Waals surface area contributed by atoms with Gasteiger partial charge < -0.3 is 9.53 Å². The molecule has 5 aliphatic carbocycles. The van der Waals surface area contributed by atoms with E-state index in [1.54, 1.807) is 0 Å². The summed E-state index contributed by atoms with van der Waals surface area (Å²) in [6.45, 7) is 17.1. The van der Waals surface area contributed by atoms with Crippen molar-refractivity contribution in [3.05, 3.63) is 12.2 Å². The Balaban J connectivity index is 1.50. The summed E-state index contributed by atoms with van der Waals surface area (Å²) in [7, 11) is 0. The first kappa shape index (κ1) is 23.3. The van der Waals surface area contributed by atoms with Gasteiger partial charge in [0.2, 0.25) is 0 Å². The Morgan fingerprint density at radius 1 is 0.941 bits per heavy atom. The molecular formula is C31H46O3. The monoisotopic (exact) mass is 466 g/mol. The van der Waals surface area contributed by atoms with Crippen LogP contribution in [0.4, 0.5) is 0 Å². The van der Waals surface area contributed by atoms with Crippen LogP contribution in [0.3, 0.4) is 0 Å². The standard InChI is InChI=1S/C31H46O3/c1-19-8-14-30-17-16-29(7)28(6)13-10-22-26(3,4)21(18-32)9-12-27(22,5)23(28)11-15-31(29,34-25(30)33)24(30)20(19)2/h11,15,18-24H,8-10,12-14,16-17H2,1-7H3/t19-,20+,21-,22+,23-,24-,27+,28-,29+,30+,31+/m1/s1. The SMILES string of the molecule is C[C@H]1[C@H](C)CC[C@@]23CC[C@]4(C)[C@@](C=C[C@@H]5[C@@]6(C)CC[C@H](C=O)C(C)(C)[C@@H]6CC[C@]54C)(OC2=O)[C@H]13. The van der Waals surface area contributed by atoms with Crippen molar-refractivity contribution in [2.45, 2.75) is 105 Å². The number of esters is 1. The van der Waals surface area contributed by atoms with E-state index in [0.717, 1.165) is 44.9 Å². The second kappa shape index (κ2) is 6.60. The van der Waals surface area contributed by atoms with Gasteiger partial charge in [0.15, 0.2) is 0 Å². The maximum atomic E-state index is 13.7. The highest BCUT2D eigenvalue weighted by Crippen LogP contribution is 2.79. The number of carbonyl (C=O) groups excluding carboxylic acids is 2. The van der Waals surface area contributed by atoms with Gasteiger partial charge in [0.05, 0.1) is 5.41 Å². The zero-order valence-corrected chi connectivity index (χ0v) is 22.6. The average Bonchev–Trinajstić information content (AvgIpc) is 2.97. The minimum atomic E-state index is -0.458. The third-order valence-corrected chi connectivity index (χ3v) is 14.1. The van der Waals surface area contributed by atoms with Gasteiger partial charge in [0, 0.05) is 17.3 Å². The molecule has 6 aliphatic rings. The Bertz CT molecular complexity index is 966. The van der Waals surface area contributed by atoms with Crippen molar-refractivity contribution in [2.75, 3.05) is 0 Å². The zero-order chi connectivity index (χ0) is 24.5. The molecule has 5 fully saturated rings. The first-order chi connectivity index (χ1) is 15.8. The lowest BCUT2D eigenvalue weighted by atomic mass is 9.32. The number of allylic oxidation sites excluding steroid dienone is 1. The van der Waals surface area contributed by atoms with Crippen LogP contribution >= 0.6 is 0 Å². The molecule has 1 heterocycles. The molecule has 4 saturated carbocycles. The molecule has 11 atom stereocenters. The molecule has 34 heavy (non-hydrogen) atoms. The highest BCUT2D eigenvalue weighted by Gasteiger charge is 2.80. The topological polar surface area (TPSA) is 43.4 Å². The molecule has 0 aromatic rings. The van der Waals surface area contributed by atoms with Crippen molar-refractivity contribution in [2.24, 2.45) is 62.6 Å². The molecule has 3 heteroatoms. The molecule has 0 radical (unpaired) electrons. The lowest BCUT2D eigenvalue weighted by Gasteiger charge is -2.72. The summed E-state index contributed by atoms with van der Waals surface area (Å²) in [4.78, 5) is 25.7. The fourth-order valence-electron chi connectivity index (χ4n) is 11.7. The van der Waals surface area contributed by atoms with Crippen molar-refractivity contribution in [3.63, 3.8) is 0 Å². The number of rotatable bonds is 1.